The molecule has 1 aromatic heterocycles. The van der Waals surface area contributed by atoms with Crippen molar-refractivity contribution < 1.29 is 4.79 Å². The fraction of sp³-hybridized carbons (Fsp3) is 0.750. The molecule has 1 amide bonds. The highest BCUT2D eigenvalue weighted by Gasteiger charge is 2.20. The molecule has 2 rings (SSSR count). The Labute approximate surface area is 139 Å². The lowest BCUT2D eigenvalue weighted by molar-refractivity contribution is -0.131. The molecule has 1 aliphatic heterocycles. The second kappa shape index (κ2) is 7.79. The molecule has 0 aliphatic carbocycles. The molecule has 0 aromatic carbocycles. The van der Waals surface area contributed by atoms with Crippen LogP contribution in [0, 0.1) is 6.92 Å². The van der Waals surface area contributed by atoms with E-state index in [1.807, 2.05) is 37.6 Å². The zero-order valence-electron chi connectivity index (χ0n) is 15.1. The van der Waals surface area contributed by atoms with Crippen LogP contribution in [-0.2, 0) is 18.4 Å². The molecular weight excluding hydrogens is 292 g/mol. The zero-order valence-corrected chi connectivity index (χ0v) is 15.1. The smallest absolute Gasteiger partial charge is 0.236 e. The van der Waals surface area contributed by atoms with Gasteiger partial charge in [-0.15, -0.1) is 0 Å². The summed E-state index contributed by atoms with van der Waals surface area (Å²) in [4.78, 5) is 18.7. The lowest BCUT2D eigenvalue weighted by Crippen LogP contribution is -2.50. The van der Waals surface area contributed by atoms with Gasteiger partial charge in [0, 0.05) is 59.4 Å². The van der Waals surface area contributed by atoms with Gasteiger partial charge in [-0.3, -0.25) is 9.48 Å². The Morgan fingerprint density at radius 1 is 1.26 bits per heavy atom. The summed E-state index contributed by atoms with van der Waals surface area (Å²) in [5.74, 6) is 1.27. The minimum Gasteiger partial charge on any atom is -0.363 e. The molecule has 1 fully saturated rings. The van der Waals surface area contributed by atoms with E-state index >= 15 is 0 Å². The fourth-order valence-electron chi connectivity index (χ4n) is 3.18. The summed E-state index contributed by atoms with van der Waals surface area (Å²) in [5, 5.41) is 7.76. The van der Waals surface area contributed by atoms with E-state index in [-0.39, 0.29) is 5.91 Å². The number of piperazine rings is 1. The van der Waals surface area contributed by atoms with E-state index in [1.165, 1.54) is 0 Å². The highest BCUT2D eigenvalue weighted by atomic mass is 16.2. The summed E-state index contributed by atoms with van der Waals surface area (Å²) >= 11 is 0. The minimum atomic E-state index is 0.189. The van der Waals surface area contributed by atoms with Crippen molar-refractivity contribution in [2.75, 3.05) is 58.3 Å². The van der Waals surface area contributed by atoms with Crippen LogP contribution in [0.25, 0.3) is 0 Å². The fourth-order valence-corrected chi connectivity index (χ4v) is 3.18. The Morgan fingerprint density at radius 3 is 2.48 bits per heavy atom. The monoisotopic (exact) mass is 322 g/mol. The van der Waals surface area contributed by atoms with Crippen molar-refractivity contribution in [1.82, 2.24) is 24.9 Å². The number of anilines is 1. The number of nitrogens with zero attached hydrogens (tertiary/aromatic N) is 5. The first kappa shape index (κ1) is 17.7. The van der Waals surface area contributed by atoms with Crippen LogP contribution in [0.5, 0.6) is 0 Å². The van der Waals surface area contributed by atoms with E-state index in [2.05, 4.69) is 27.1 Å². The largest absolute Gasteiger partial charge is 0.363 e. The zero-order chi connectivity index (χ0) is 17.0. The predicted molar refractivity (Wildman–Crippen MR) is 92.7 cm³/mol. The molecule has 23 heavy (non-hydrogen) atoms. The first-order valence-corrected chi connectivity index (χ1v) is 8.34. The van der Waals surface area contributed by atoms with Gasteiger partial charge >= 0.3 is 0 Å². The number of nitrogens with one attached hydrogen (secondary N) is 1. The van der Waals surface area contributed by atoms with Crippen molar-refractivity contribution in [1.29, 1.82) is 0 Å². The van der Waals surface area contributed by atoms with Crippen molar-refractivity contribution in [2.45, 2.75) is 20.4 Å². The maximum atomic E-state index is 12.3. The second-order valence-corrected chi connectivity index (χ2v) is 6.32. The van der Waals surface area contributed by atoms with Crippen molar-refractivity contribution in [3.8, 4) is 0 Å². The van der Waals surface area contributed by atoms with Gasteiger partial charge in [0.25, 0.3) is 0 Å². The average Bonchev–Trinajstić information content (AvgIpc) is 2.81. The molecule has 1 aliphatic rings. The topological polar surface area (TPSA) is 56.6 Å². The number of rotatable bonds is 6. The number of carbonyl (C=O) groups excluding carboxylic acids is 1. The minimum absolute atomic E-state index is 0.189. The summed E-state index contributed by atoms with van der Waals surface area (Å²) in [6.45, 7) is 9.92. The van der Waals surface area contributed by atoms with Crippen LogP contribution in [0.4, 0.5) is 5.82 Å². The molecule has 1 saturated heterocycles. The molecule has 0 unspecified atom stereocenters. The van der Waals surface area contributed by atoms with E-state index in [0.717, 1.165) is 49.8 Å². The molecule has 0 bridgehead atoms. The lowest BCUT2D eigenvalue weighted by Gasteiger charge is -2.34. The van der Waals surface area contributed by atoms with Crippen molar-refractivity contribution in [3.05, 3.63) is 11.3 Å². The Kier molecular flexibility index (Phi) is 6.01. The van der Waals surface area contributed by atoms with Gasteiger partial charge in [0.1, 0.15) is 5.82 Å². The molecule has 0 radical (unpaired) electrons. The Bertz CT molecular complexity index is 531. The third kappa shape index (κ3) is 4.23. The molecule has 2 heterocycles. The van der Waals surface area contributed by atoms with E-state index in [9.17, 15) is 4.79 Å². The van der Waals surface area contributed by atoms with Crippen LogP contribution in [-0.4, -0.2) is 78.9 Å². The van der Waals surface area contributed by atoms with Gasteiger partial charge in [-0.1, -0.05) is 6.92 Å². The van der Waals surface area contributed by atoms with Gasteiger partial charge in [0.2, 0.25) is 5.91 Å². The Hall–Kier alpha value is -1.60. The van der Waals surface area contributed by atoms with Crippen LogP contribution >= 0.6 is 0 Å². The van der Waals surface area contributed by atoms with E-state index < -0.39 is 0 Å². The number of hydrogen-bond acceptors (Lipinski definition) is 5. The molecule has 1 N–H and O–H groups in total. The number of aryl methyl sites for hydroxylation is 2. The average molecular weight is 322 g/mol. The van der Waals surface area contributed by atoms with Gasteiger partial charge in [-0.2, -0.15) is 5.10 Å². The first-order valence-electron chi connectivity index (χ1n) is 8.34. The van der Waals surface area contributed by atoms with Crippen molar-refractivity contribution in [2.24, 2.45) is 7.05 Å². The molecular formula is C16H30N6O. The molecule has 0 spiro atoms. The number of carbonyl (C=O) groups is 1. The highest BCUT2D eigenvalue weighted by molar-refractivity contribution is 5.78. The highest BCUT2D eigenvalue weighted by Crippen LogP contribution is 2.20. The van der Waals surface area contributed by atoms with Crippen molar-refractivity contribution in [3.63, 3.8) is 0 Å². The molecule has 130 valence electrons. The van der Waals surface area contributed by atoms with Gasteiger partial charge in [0.15, 0.2) is 0 Å². The van der Waals surface area contributed by atoms with Crippen LogP contribution in [0.2, 0.25) is 0 Å². The molecule has 7 nitrogen and oxygen atoms in total. The standard InChI is InChI=1S/C16H30N6O/c1-6-21-7-9-22(10-8-21)15(23)12-17-11-14-13(2)18-20(5)16(14)19(3)4/h17H,6-12H2,1-5H3. The van der Waals surface area contributed by atoms with E-state index in [1.54, 1.807) is 0 Å². The third-order valence-corrected chi connectivity index (χ3v) is 4.49. The summed E-state index contributed by atoms with van der Waals surface area (Å²) in [6, 6.07) is 0. The SMILES string of the molecule is CCN1CCN(C(=O)CNCc2c(C)nn(C)c2N(C)C)CC1. The van der Waals surface area contributed by atoms with Gasteiger partial charge < -0.3 is 20.0 Å². The molecule has 1 aromatic rings. The van der Waals surface area contributed by atoms with E-state index in [4.69, 9.17) is 0 Å². The molecule has 7 heteroatoms. The molecule has 0 atom stereocenters. The first-order chi connectivity index (χ1) is 10.9. The summed E-state index contributed by atoms with van der Waals surface area (Å²) in [5.41, 5.74) is 2.16. The maximum Gasteiger partial charge on any atom is 0.236 e. The summed E-state index contributed by atoms with van der Waals surface area (Å²) in [7, 11) is 5.97. The number of amides is 1. The Balaban J connectivity index is 1.85. The number of hydrogen-bond donors (Lipinski definition) is 1. The normalized spacial score (nSPS) is 16.0. The lowest BCUT2D eigenvalue weighted by atomic mass is 10.2. The summed E-state index contributed by atoms with van der Waals surface area (Å²) < 4.78 is 1.89. The van der Waals surface area contributed by atoms with Crippen LogP contribution in [0.15, 0.2) is 0 Å². The number of likely N-dealkylation sites (N-methyl/N-ethyl adjacent to an activating group) is 1. The maximum absolute atomic E-state index is 12.3. The van der Waals surface area contributed by atoms with Crippen LogP contribution in [0.3, 0.4) is 0 Å². The van der Waals surface area contributed by atoms with Crippen LogP contribution in [0.1, 0.15) is 18.2 Å². The van der Waals surface area contributed by atoms with Gasteiger partial charge in [0.05, 0.1) is 12.2 Å². The van der Waals surface area contributed by atoms with Crippen molar-refractivity contribution >= 4 is 11.7 Å². The summed E-state index contributed by atoms with van der Waals surface area (Å²) in [6.07, 6.45) is 0. The quantitative estimate of drug-likeness (QED) is 0.802. The van der Waals surface area contributed by atoms with Gasteiger partial charge in [-0.05, 0) is 13.5 Å². The predicted octanol–water partition coefficient (Wildman–Crippen LogP) is 0.0482. The van der Waals surface area contributed by atoms with Crippen LogP contribution < -0.4 is 10.2 Å². The van der Waals surface area contributed by atoms with E-state index in [0.29, 0.717) is 13.1 Å². The molecule has 0 saturated carbocycles. The second-order valence-electron chi connectivity index (χ2n) is 6.32. The Morgan fingerprint density at radius 2 is 1.91 bits per heavy atom. The third-order valence-electron chi connectivity index (χ3n) is 4.49. The number of aromatic nitrogens is 2. The van der Waals surface area contributed by atoms with Gasteiger partial charge in [-0.25, -0.2) is 0 Å².